The highest BCUT2D eigenvalue weighted by Gasteiger charge is 2.36. The lowest BCUT2D eigenvalue weighted by Crippen LogP contribution is -2.35. The molecule has 1 atom stereocenters. The lowest BCUT2D eigenvalue weighted by Gasteiger charge is -2.19. The van der Waals surface area contributed by atoms with Crippen molar-refractivity contribution in [1.82, 2.24) is 0 Å². The highest BCUT2D eigenvalue weighted by atomic mass is 16.6. The number of rotatable bonds is 6. The zero-order valence-electron chi connectivity index (χ0n) is 8.77. The summed E-state index contributed by atoms with van der Waals surface area (Å²) in [5.74, 6) is -1.91. The van der Waals surface area contributed by atoms with Crippen molar-refractivity contribution in [1.29, 1.82) is 5.26 Å². The molecule has 0 aliphatic heterocycles. The first-order chi connectivity index (χ1) is 6.81. The van der Waals surface area contributed by atoms with E-state index in [2.05, 4.69) is 0 Å². The highest BCUT2D eigenvalue weighted by Crippen LogP contribution is 2.23. The third-order valence-electron chi connectivity index (χ3n) is 2.19. The van der Waals surface area contributed by atoms with E-state index in [1.807, 2.05) is 6.07 Å². The van der Waals surface area contributed by atoms with Crippen LogP contribution in [0.1, 0.15) is 33.1 Å². The maximum atomic E-state index is 10.8. The Kier molecular flexibility index (Phi) is 4.71. The van der Waals surface area contributed by atoms with Crippen molar-refractivity contribution in [2.45, 2.75) is 38.6 Å². The van der Waals surface area contributed by atoms with Gasteiger partial charge in [-0.3, -0.25) is 14.9 Å². The standard InChI is InChI=1S/C9H14N2O4/c1-9(2,11(14)15)6-7(8(12)13)4-3-5-10/h7H,3-4,6H2,1-2H3,(H,12,13)/t7-/m1/s1. The molecule has 0 aromatic rings. The van der Waals surface area contributed by atoms with Crippen LogP contribution in [0.3, 0.4) is 0 Å². The summed E-state index contributed by atoms with van der Waals surface area (Å²) in [7, 11) is 0. The van der Waals surface area contributed by atoms with E-state index in [0.29, 0.717) is 0 Å². The number of hydrogen-bond donors (Lipinski definition) is 1. The minimum atomic E-state index is -1.27. The Balaban J connectivity index is 4.48. The van der Waals surface area contributed by atoms with Crippen molar-refractivity contribution >= 4 is 5.97 Å². The fourth-order valence-electron chi connectivity index (χ4n) is 1.23. The van der Waals surface area contributed by atoms with Crippen molar-refractivity contribution in [2.24, 2.45) is 5.92 Å². The molecule has 0 saturated carbocycles. The molecule has 0 aromatic heterocycles. The summed E-state index contributed by atoms with van der Waals surface area (Å²) < 4.78 is 0. The molecule has 0 radical (unpaired) electrons. The van der Waals surface area contributed by atoms with Crippen molar-refractivity contribution in [2.75, 3.05) is 0 Å². The molecular formula is C9H14N2O4. The lowest BCUT2D eigenvalue weighted by atomic mass is 9.88. The number of hydrogen-bond acceptors (Lipinski definition) is 4. The predicted molar refractivity (Wildman–Crippen MR) is 51.7 cm³/mol. The number of carboxylic acid groups (broad SMARTS) is 1. The third-order valence-corrected chi connectivity index (χ3v) is 2.19. The number of nitrogens with zero attached hydrogens (tertiary/aromatic N) is 2. The Bertz CT molecular complexity index is 293. The molecule has 6 heteroatoms. The van der Waals surface area contributed by atoms with E-state index in [0.717, 1.165) is 0 Å². The van der Waals surface area contributed by atoms with E-state index in [1.165, 1.54) is 13.8 Å². The van der Waals surface area contributed by atoms with Crippen molar-refractivity contribution in [3.63, 3.8) is 0 Å². The summed E-state index contributed by atoms with van der Waals surface area (Å²) in [5.41, 5.74) is -1.27. The molecule has 0 heterocycles. The molecule has 0 saturated heterocycles. The van der Waals surface area contributed by atoms with Crippen LogP contribution in [0, 0.1) is 27.4 Å². The van der Waals surface area contributed by atoms with Crippen LogP contribution >= 0.6 is 0 Å². The summed E-state index contributed by atoms with van der Waals surface area (Å²) >= 11 is 0. The van der Waals surface area contributed by atoms with Gasteiger partial charge in [0.2, 0.25) is 5.54 Å². The van der Waals surface area contributed by atoms with Crippen LogP contribution < -0.4 is 0 Å². The van der Waals surface area contributed by atoms with Crippen LogP contribution in [0.2, 0.25) is 0 Å². The Hall–Kier alpha value is -1.64. The van der Waals surface area contributed by atoms with Crippen LogP contribution in [-0.4, -0.2) is 21.5 Å². The monoisotopic (exact) mass is 214 g/mol. The molecule has 6 nitrogen and oxygen atoms in total. The molecule has 0 unspecified atom stereocenters. The van der Waals surface area contributed by atoms with E-state index >= 15 is 0 Å². The van der Waals surface area contributed by atoms with E-state index in [-0.39, 0.29) is 19.3 Å². The second kappa shape index (κ2) is 5.29. The molecule has 0 rings (SSSR count). The molecule has 0 aliphatic carbocycles. The van der Waals surface area contributed by atoms with Gasteiger partial charge >= 0.3 is 5.97 Å². The quantitative estimate of drug-likeness (QED) is 0.532. The normalized spacial score (nSPS) is 12.9. The average molecular weight is 214 g/mol. The number of carbonyl (C=O) groups is 1. The number of carboxylic acids is 1. The first kappa shape index (κ1) is 13.4. The van der Waals surface area contributed by atoms with Gasteiger partial charge in [-0.1, -0.05) is 0 Å². The SMILES string of the molecule is CC(C)(C[C@@H](CCC#N)C(=O)O)[N+](=O)[O-]. The number of nitro groups is 1. The predicted octanol–water partition coefficient (Wildman–Crippen LogP) is 1.44. The average Bonchev–Trinajstić information content (AvgIpc) is 2.11. The second-order valence-corrected chi connectivity index (χ2v) is 4.01. The Morgan fingerprint density at radius 2 is 2.20 bits per heavy atom. The minimum absolute atomic E-state index is 0.0585. The fourth-order valence-corrected chi connectivity index (χ4v) is 1.23. The van der Waals surface area contributed by atoms with Gasteiger partial charge in [0.1, 0.15) is 0 Å². The molecule has 1 N–H and O–H groups in total. The van der Waals surface area contributed by atoms with E-state index in [9.17, 15) is 14.9 Å². The van der Waals surface area contributed by atoms with E-state index < -0.39 is 22.3 Å². The summed E-state index contributed by atoms with van der Waals surface area (Å²) in [6, 6.07) is 1.83. The van der Waals surface area contributed by atoms with Gasteiger partial charge < -0.3 is 5.11 Å². The second-order valence-electron chi connectivity index (χ2n) is 4.01. The van der Waals surface area contributed by atoms with Crippen LogP contribution in [0.15, 0.2) is 0 Å². The third kappa shape index (κ3) is 4.40. The zero-order valence-corrected chi connectivity index (χ0v) is 8.77. The Morgan fingerprint density at radius 1 is 1.67 bits per heavy atom. The van der Waals surface area contributed by atoms with Gasteiger partial charge in [-0.25, -0.2) is 0 Å². The highest BCUT2D eigenvalue weighted by molar-refractivity contribution is 5.70. The smallest absolute Gasteiger partial charge is 0.306 e. The topological polar surface area (TPSA) is 104 Å². The summed E-state index contributed by atoms with van der Waals surface area (Å²) in [4.78, 5) is 20.9. The van der Waals surface area contributed by atoms with E-state index in [4.69, 9.17) is 10.4 Å². The van der Waals surface area contributed by atoms with Crippen molar-refractivity contribution in [3.8, 4) is 6.07 Å². The molecular weight excluding hydrogens is 200 g/mol. The van der Waals surface area contributed by atoms with Gasteiger partial charge in [0.05, 0.1) is 12.0 Å². The molecule has 0 aromatic carbocycles. The van der Waals surface area contributed by atoms with Crippen LogP contribution in [0.5, 0.6) is 0 Å². The molecule has 0 aliphatic rings. The van der Waals surface area contributed by atoms with Gasteiger partial charge in [-0.05, 0) is 6.42 Å². The molecule has 0 spiro atoms. The van der Waals surface area contributed by atoms with Gasteiger partial charge in [-0.2, -0.15) is 5.26 Å². The summed E-state index contributed by atoms with van der Waals surface area (Å²) in [6.45, 7) is 2.77. The number of nitriles is 1. The first-order valence-corrected chi connectivity index (χ1v) is 4.55. The fraction of sp³-hybridized carbons (Fsp3) is 0.778. The maximum Gasteiger partial charge on any atom is 0.306 e. The van der Waals surface area contributed by atoms with Gasteiger partial charge in [0.25, 0.3) is 0 Å². The Labute approximate surface area is 87.7 Å². The number of aliphatic carboxylic acids is 1. The molecule has 0 bridgehead atoms. The largest absolute Gasteiger partial charge is 0.481 e. The molecule has 15 heavy (non-hydrogen) atoms. The van der Waals surface area contributed by atoms with Crippen molar-refractivity contribution in [3.05, 3.63) is 10.1 Å². The minimum Gasteiger partial charge on any atom is -0.481 e. The Morgan fingerprint density at radius 3 is 2.53 bits per heavy atom. The maximum absolute atomic E-state index is 10.8. The molecule has 0 fully saturated rings. The molecule has 84 valence electrons. The van der Waals surface area contributed by atoms with Gasteiger partial charge in [0, 0.05) is 31.6 Å². The van der Waals surface area contributed by atoms with Gasteiger partial charge in [-0.15, -0.1) is 0 Å². The molecule has 0 amide bonds. The van der Waals surface area contributed by atoms with Gasteiger partial charge in [0.15, 0.2) is 0 Å². The van der Waals surface area contributed by atoms with Crippen molar-refractivity contribution < 1.29 is 14.8 Å². The first-order valence-electron chi connectivity index (χ1n) is 4.55. The van der Waals surface area contributed by atoms with Crippen LogP contribution in [0.4, 0.5) is 0 Å². The zero-order chi connectivity index (χ0) is 12.1. The summed E-state index contributed by atoms with van der Waals surface area (Å²) in [5, 5.41) is 27.7. The van der Waals surface area contributed by atoms with Crippen LogP contribution in [-0.2, 0) is 4.79 Å². The van der Waals surface area contributed by atoms with Crippen LogP contribution in [0.25, 0.3) is 0 Å². The summed E-state index contributed by atoms with van der Waals surface area (Å²) in [6.07, 6.45) is 0.199. The lowest BCUT2D eigenvalue weighted by molar-refractivity contribution is -0.562. The van der Waals surface area contributed by atoms with E-state index in [1.54, 1.807) is 0 Å².